The molecule has 3 rings (SSSR count). The number of furan rings is 1. The van der Waals surface area contributed by atoms with Crippen LogP contribution in [-0.4, -0.2) is 16.9 Å². The Labute approximate surface area is 174 Å². The summed E-state index contributed by atoms with van der Waals surface area (Å²) < 4.78 is 5.18. The number of rotatable bonds is 7. The summed E-state index contributed by atoms with van der Waals surface area (Å²) in [4.78, 5) is 24.2. The second kappa shape index (κ2) is 10.2. The summed E-state index contributed by atoms with van der Waals surface area (Å²) in [6.07, 6.45) is 2.56. The normalized spacial score (nSPS) is 10.2. The molecular weight excluding hydrogens is 386 g/mol. The Hall–Kier alpha value is -3.45. The minimum atomic E-state index is -0.204. The summed E-state index contributed by atoms with van der Waals surface area (Å²) in [5.74, 6) is 0.329. The standard InChI is InChI=1S/C22H21N3O3S/c26-20(13-8-16-5-2-1-3-6-16)25-22(29)24-18-11-9-17(10-12-18)21(27)23-15-19-7-4-14-28-19/h1-7,9-12,14H,8,13,15H2,(H,23,27)(H2,24,25,26,29). The minimum absolute atomic E-state index is 0.153. The molecule has 2 amide bonds. The molecule has 0 saturated carbocycles. The average Bonchev–Trinajstić information content (AvgIpc) is 3.25. The van der Waals surface area contributed by atoms with Crippen LogP contribution in [0.2, 0.25) is 0 Å². The number of benzene rings is 2. The van der Waals surface area contributed by atoms with Crippen molar-refractivity contribution in [3.8, 4) is 0 Å². The minimum Gasteiger partial charge on any atom is -0.467 e. The monoisotopic (exact) mass is 407 g/mol. The fourth-order valence-corrected chi connectivity index (χ4v) is 2.87. The van der Waals surface area contributed by atoms with Crippen molar-refractivity contribution in [2.45, 2.75) is 19.4 Å². The van der Waals surface area contributed by atoms with Gasteiger partial charge in [-0.05, 0) is 60.6 Å². The third-order valence-electron chi connectivity index (χ3n) is 4.14. The number of hydrogen-bond donors (Lipinski definition) is 3. The lowest BCUT2D eigenvalue weighted by molar-refractivity contribution is -0.119. The van der Waals surface area contributed by atoms with Gasteiger partial charge in [0.2, 0.25) is 5.91 Å². The summed E-state index contributed by atoms with van der Waals surface area (Å²) in [7, 11) is 0. The second-order valence-electron chi connectivity index (χ2n) is 6.33. The highest BCUT2D eigenvalue weighted by Crippen LogP contribution is 2.10. The van der Waals surface area contributed by atoms with Crippen LogP contribution in [0.3, 0.4) is 0 Å². The van der Waals surface area contributed by atoms with Crippen molar-refractivity contribution in [2.75, 3.05) is 5.32 Å². The van der Waals surface area contributed by atoms with E-state index in [2.05, 4.69) is 16.0 Å². The summed E-state index contributed by atoms with van der Waals surface area (Å²) >= 11 is 5.18. The molecule has 3 aromatic rings. The van der Waals surface area contributed by atoms with Gasteiger partial charge in [0.25, 0.3) is 5.91 Å². The molecule has 0 fully saturated rings. The van der Waals surface area contributed by atoms with Crippen molar-refractivity contribution in [3.05, 3.63) is 89.9 Å². The molecule has 148 valence electrons. The van der Waals surface area contributed by atoms with Gasteiger partial charge in [-0.2, -0.15) is 0 Å². The van der Waals surface area contributed by atoms with Gasteiger partial charge in [-0.1, -0.05) is 30.3 Å². The molecule has 29 heavy (non-hydrogen) atoms. The number of thiocarbonyl (C=S) groups is 1. The molecule has 0 aliphatic heterocycles. The summed E-state index contributed by atoms with van der Waals surface area (Å²) in [5.41, 5.74) is 2.29. The van der Waals surface area contributed by atoms with Crippen LogP contribution in [0.5, 0.6) is 0 Å². The molecule has 0 spiro atoms. The van der Waals surface area contributed by atoms with E-state index in [0.29, 0.717) is 36.4 Å². The molecule has 6 nitrogen and oxygen atoms in total. The maximum atomic E-state index is 12.2. The summed E-state index contributed by atoms with van der Waals surface area (Å²) in [5, 5.41) is 8.61. The van der Waals surface area contributed by atoms with E-state index in [1.54, 1.807) is 42.7 Å². The predicted molar refractivity (Wildman–Crippen MR) is 115 cm³/mol. The van der Waals surface area contributed by atoms with E-state index < -0.39 is 0 Å². The Balaban J connectivity index is 1.43. The highest BCUT2D eigenvalue weighted by atomic mass is 32.1. The van der Waals surface area contributed by atoms with Crippen LogP contribution in [0.4, 0.5) is 5.69 Å². The highest BCUT2D eigenvalue weighted by molar-refractivity contribution is 7.80. The van der Waals surface area contributed by atoms with Crippen molar-refractivity contribution in [2.24, 2.45) is 0 Å². The van der Waals surface area contributed by atoms with Crippen molar-refractivity contribution in [1.29, 1.82) is 0 Å². The molecule has 0 radical (unpaired) electrons. The first-order valence-corrected chi connectivity index (χ1v) is 9.56. The predicted octanol–water partition coefficient (Wildman–Crippen LogP) is 3.66. The summed E-state index contributed by atoms with van der Waals surface area (Å²) in [6, 6.07) is 20.2. The molecule has 2 aromatic carbocycles. The number of anilines is 1. The average molecular weight is 407 g/mol. The second-order valence-corrected chi connectivity index (χ2v) is 6.74. The van der Waals surface area contributed by atoms with Gasteiger partial charge >= 0.3 is 0 Å². The van der Waals surface area contributed by atoms with Crippen LogP contribution in [0.25, 0.3) is 0 Å². The maximum absolute atomic E-state index is 12.2. The zero-order chi connectivity index (χ0) is 20.5. The SMILES string of the molecule is O=C(CCc1ccccc1)NC(=S)Nc1ccc(C(=O)NCc2ccco2)cc1. The van der Waals surface area contributed by atoms with Crippen molar-refractivity contribution in [3.63, 3.8) is 0 Å². The van der Waals surface area contributed by atoms with E-state index in [1.165, 1.54) is 0 Å². The number of carbonyl (C=O) groups is 2. The Bertz CT molecular complexity index is 955. The number of amides is 2. The number of aryl methyl sites for hydroxylation is 1. The lowest BCUT2D eigenvalue weighted by atomic mass is 10.1. The van der Waals surface area contributed by atoms with E-state index in [9.17, 15) is 9.59 Å². The van der Waals surface area contributed by atoms with E-state index >= 15 is 0 Å². The molecule has 0 saturated heterocycles. The zero-order valence-electron chi connectivity index (χ0n) is 15.7. The van der Waals surface area contributed by atoms with Crippen molar-refractivity contribution >= 4 is 34.8 Å². The van der Waals surface area contributed by atoms with Gasteiger partial charge in [0.1, 0.15) is 5.76 Å². The lowest BCUT2D eigenvalue weighted by Gasteiger charge is -2.10. The van der Waals surface area contributed by atoms with Gasteiger partial charge in [0, 0.05) is 17.7 Å². The van der Waals surface area contributed by atoms with Crippen LogP contribution in [0.15, 0.2) is 77.4 Å². The van der Waals surface area contributed by atoms with Gasteiger partial charge in [-0.15, -0.1) is 0 Å². The van der Waals surface area contributed by atoms with Gasteiger partial charge in [0.15, 0.2) is 5.11 Å². The molecule has 0 unspecified atom stereocenters. The molecule has 1 aromatic heterocycles. The van der Waals surface area contributed by atoms with Crippen LogP contribution in [-0.2, 0) is 17.8 Å². The topological polar surface area (TPSA) is 83.4 Å². The molecular formula is C22H21N3O3S. The maximum Gasteiger partial charge on any atom is 0.251 e. The van der Waals surface area contributed by atoms with Crippen molar-refractivity contribution in [1.82, 2.24) is 10.6 Å². The van der Waals surface area contributed by atoms with E-state index in [1.807, 2.05) is 30.3 Å². The first-order chi connectivity index (χ1) is 14.1. The zero-order valence-corrected chi connectivity index (χ0v) is 16.5. The van der Waals surface area contributed by atoms with Gasteiger partial charge in [-0.25, -0.2) is 0 Å². The third kappa shape index (κ3) is 6.58. The molecule has 0 bridgehead atoms. The first-order valence-electron chi connectivity index (χ1n) is 9.15. The quantitative estimate of drug-likeness (QED) is 0.521. The van der Waals surface area contributed by atoms with Gasteiger partial charge < -0.3 is 20.4 Å². The fourth-order valence-electron chi connectivity index (χ4n) is 2.64. The van der Waals surface area contributed by atoms with Crippen LogP contribution in [0, 0.1) is 0 Å². The van der Waals surface area contributed by atoms with E-state index in [-0.39, 0.29) is 16.9 Å². The fraction of sp³-hybridized carbons (Fsp3) is 0.136. The van der Waals surface area contributed by atoms with Crippen LogP contribution < -0.4 is 16.0 Å². The van der Waals surface area contributed by atoms with E-state index in [0.717, 1.165) is 5.56 Å². The number of hydrogen-bond acceptors (Lipinski definition) is 4. The Morgan fingerprint density at radius 3 is 2.38 bits per heavy atom. The third-order valence-corrected chi connectivity index (χ3v) is 4.35. The van der Waals surface area contributed by atoms with Gasteiger partial charge in [-0.3, -0.25) is 9.59 Å². The van der Waals surface area contributed by atoms with Crippen molar-refractivity contribution < 1.29 is 14.0 Å². The molecule has 1 heterocycles. The first kappa shape index (κ1) is 20.3. The van der Waals surface area contributed by atoms with E-state index in [4.69, 9.17) is 16.6 Å². The lowest BCUT2D eigenvalue weighted by Crippen LogP contribution is -2.34. The molecule has 0 aliphatic carbocycles. The number of nitrogens with one attached hydrogen (secondary N) is 3. The highest BCUT2D eigenvalue weighted by Gasteiger charge is 2.08. The van der Waals surface area contributed by atoms with Gasteiger partial charge in [0.05, 0.1) is 12.8 Å². The Kier molecular flexibility index (Phi) is 7.13. The van der Waals surface area contributed by atoms with Crippen LogP contribution >= 0.6 is 12.2 Å². The summed E-state index contributed by atoms with van der Waals surface area (Å²) in [6.45, 7) is 0.324. The molecule has 0 aliphatic rings. The smallest absolute Gasteiger partial charge is 0.251 e. The largest absolute Gasteiger partial charge is 0.467 e. The molecule has 7 heteroatoms. The molecule has 0 atom stereocenters. The van der Waals surface area contributed by atoms with Crippen LogP contribution in [0.1, 0.15) is 28.1 Å². The molecule has 3 N–H and O–H groups in total. The number of carbonyl (C=O) groups excluding carboxylic acids is 2. The Morgan fingerprint density at radius 1 is 0.931 bits per heavy atom. The Morgan fingerprint density at radius 2 is 1.69 bits per heavy atom.